The molecule has 4 nitrogen and oxygen atoms in total. The van der Waals surface area contributed by atoms with E-state index in [1.807, 2.05) is 12.1 Å². The van der Waals surface area contributed by atoms with E-state index in [-0.39, 0.29) is 11.8 Å². The van der Waals surface area contributed by atoms with Crippen LogP contribution in [0.1, 0.15) is 53.8 Å². The lowest BCUT2D eigenvalue weighted by molar-refractivity contribution is 0.0645. The van der Waals surface area contributed by atoms with Gasteiger partial charge in [-0.05, 0) is 43.9 Å². The van der Waals surface area contributed by atoms with E-state index in [2.05, 4.69) is 18.7 Å². The predicted molar refractivity (Wildman–Crippen MR) is 85.9 cm³/mol. The molecule has 1 aromatic carbocycles. The fraction of sp³-hybridized carbons (Fsp3) is 0.556. The van der Waals surface area contributed by atoms with Gasteiger partial charge in [-0.15, -0.1) is 0 Å². The fourth-order valence-electron chi connectivity index (χ4n) is 3.76. The van der Waals surface area contributed by atoms with E-state index >= 15 is 0 Å². The number of carbonyl (C=O) groups is 2. The molecule has 4 heteroatoms. The van der Waals surface area contributed by atoms with Gasteiger partial charge in [-0.1, -0.05) is 26.0 Å². The Morgan fingerprint density at radius 1 is 1.09 bits per heavy atom. The Labute approximate surface area is 132 Å². The molecule has 2 aliphatic heterocycles. The summed E-state index contributed by atoms with van der Waals surface area (Å²) >= 11 is 0. The van der Waals surface area contributed by atoms with Crippen molar-refractivity contribution >= 4 is 11.8 Å². The highest BCUT2D eigenvalue weighted by Crippen LogP contribution is 2.25. The number of rotatable bonds is 5. The van der Waals surface area contributed by atoms with E-state index in [9.17, 15) is 9.59 Å². The Kier molecular flexibility index (Phi) is 4.30. The zero-order valence-electron chi connectivity index (χ0n) is 13.4. The maximum absolute atomic E-state index is 12.3. The third kappa shape index (κ3) is 2.68. The van der Waals surface area contributed by atoms with Crippen LogP contribution in [-0.4, -0.2) is 47.3 Å². The zero-order chi connectivity index (χ0) is 15.7. The molecule has 2 heterocycles. The summed E-state index contributed by atoms with van der Waals surface area (Å²) < 4.78 is 0. The van der Waals surface area contributed by atoms with Gasteiger partial charge in [0.1, 0.15) is 0 Å². The molecule has 2 amide bonds. The third-order valence-corrected chi connectivity index (χ3v) is 4.89. The largest absolute Gasteiger partial charge is 0.300 e. The van der Waals surface area contributed by atoms with Crippen LogP contribution in [0.3, 0.4) is 0 Å². The molecule has 0 aliphatic carbocycles. The van der Waals surface area contributed by atoms with Crippen molar-refractivity contribution in [3.63, 3.8) is 0 Å². The van der Waals surface area contributed by atoms with Crippen LogP contribution in [0.4, 0.5) is 0 Å². The third-order valence-electron chi connectivity index (χ3n) is 4.89. The van der Waals surface area contributed by atoms with Crippen molar-refractivity contribution in [2.45, 2.75) is 39.2 Å². The first kappa shape index (κ1) is 15.2. The molecular weight excluding hydrogens is 276 g/mol. The van der Waals surface area contributed by atoms with Crippen LogP contribution in [0.25, 0.3) is 0 Å². The van der Waals surface area contributed by atoms with Crippen LogP contribution in [0.5, 0.6) is 0 Å². The summed E-state index contributed by atoms with van der Waals surface area (Å²) in [6.07, 6.45) is 3.38. The molecule has 1 fully saturated rings. The lowest BCUT2D eigenvalue weighted by Gasteiger charge is -2.28. The molecule has 118 valence electrons. The normalized spacial score (nSPS) is 22.0. The van der Waals surface area contributed by atoms with Crippen LogP contribution >= 0.6 is 0 Å². The number of amides is 2. The monoisotopic (exact) mass is 300 g/mol. The van der Waals surface area contributed by atoms with E-state index in [1.54, 1.807) is 12.1 Å². The zero-order valence-corrected chi connectivity index (χ0v) is 13.4. The molecular formula is C18H24N2O2. The summed E-state index contributed by atoms with van der Waals surface area (Å²) in [5, 5.41) is 0. The Balaban J connectivity index is 1.57. The molecule has 2 aliphatic rings. The van der Waals surface area contributed by atoms with Crippen LogP contribution in [0.2, 0.25) is 0 Å². The summed E-state index contributed by atoms with van der Waals surface area (Å²) in [6, 6.07) is 7.76. The highest BCUT2D eigenvalue weighted by atomic mass is 16.2. The number of hydrogen-bond donors (Lipinski definition) is 0. The van der Waals surface area contributed by atoms with Gasteiger partial charge < -0.3 is 4.90 Å². The topological polar surface area (TPSA) is 40.6 Å². The van der Waals surface area contributed by atoms with Crippen molar-refractivity contribution in [3.05, 3.63) is 35.4 Å². The Morgan fingerprint density at radius 3 is 2.32 bits per heavy atom. The molecule has 1 aromatic rings. The van der Waals surface area contributed by atoms with Crippen molar-refractivity contribution in [2.75, 3.05) is 19.6 Å². The lowest BCUT2D eigenvalue weighted by Crippen LogP contribution is -2.37. The van der Waals surface area contributed by atoms with Crippen molar-refractivity contribution in [1.29, 1.82) is 0 Å². The number of fused-ring (bicyclic) bond motifs is 1. The van der Waals surface area contributed by atoms with E-state index in [1.165, 1.54) is 17.7 Å². The second-order valence-electron chi connectivity index (χ2n) is 6.65. The molecule has 1 saturated heterocycles. The van der Waals surface area contributed by atoms with E-state index in [4.69, 9.17) is 0 Å². The number of carbonyl (C=O) groups excluding carboxylic acids is 2. The number of benzene rings is 1. The van der Waals surface area contributed by atoms with Crippen LogP contribution in [-0.2, 0) is 0 Å². The average Bonchev–Trinajstić information content (AvgIpc) is 3.07. The van der Waals surface area contributed by atoms with Gasteiger partial charge in [0.2, 0.25) is 0 Å². The van der Waals surface area contributed by atoms with Crippen LogP contribution in [0.15, 0.2) is 24.3 Å². The maximum Gasteiger partial charge on any atom is 0.261 e. The lowest BCUT2D eigenvalue weighted by atomic mass is 10.0. The molecule has 0 aromatic heterocycles. The van der Waals surface area contributed by atoms with Crippen molar-refractivity contribution < 1.29 is 9.59 Å². The van der Waals surface area contributed by atoms with Gasteiger partial charge in [0.05, 0.1) is 11.1 Å². The standard InChI is InChI=1S/C18H24N2O2/c1-13(2)16-9-5-10-19(16)11-6-12-20-17(21)14-7-3-4-8-15(14)18(20)22/h3-4,7-8,13,16H,5-6,9-12H2,1-2H3/t16-/m0/s1. The summed E-state index contributed by atoms with van der Waals surface area (Å²) in [4.78, 5) is 28.5. The second-order valence-corrected chi connectivity index (χ2v) is 6.65. The van der Waals surface area contributed by atoms with Gasteiger partial charge in [0, 0.05) is 19.1 Å². The predicted octanol–water partition coefficient (Wildman–Crippen LogP) is 2.79. The van der Waals surface area contributed by atoms with Crippen LogP contribution < -0.4 is 0 Å². The number of hydrogen-bond acceptors (Lipinski definition) is 3. The molecule has 0 spiro atoms. The summed E-state index contributed by atoms with van der Waals surface area (Å²) in [5.41, 5.74) is 1.10. The smallest absolute Gasteiger partial charge is 0.261 e. The maximum atomic E-state index is 12.3. The van der Waals surface area contributed by atoms with Gasteiger partial charge in [-0.2, -0.15) is 0 Å². The molecule has 3 rings (SSSR count). The van der Waals surface area contributed by atoms with Crippen LogP contribution in [0, 0.1) is 5.92 Å². The molecule has 0 N–H and O–H groups in total. The Bertz CT molecular complexity index is 547. The fourth-order valence-corrected chi connectivity index (χ4v) is 3.76. The molecule has 1 atom stereocenters. The summed E-state index contributed by atoms with van der Waals surface area (Å²) in [5.74, 6) is 0.395. The second kappa shape index (κ2) is 6.21. The first-order chi connectivity index (χ1) is 10.6. The van der Waals surface area contributed by atoms with Crippen molar-refractivity contribution in [1.82, 2.24) is 9.80 Å². The van der Waals surface area contributed by atoms with E-state index in [0.717, 1.165) is 19.5 Å². The highest BCUT2D eigenvalue weighted by Gasteiger charge is 2.35. The van der Waals surface area contributed by atoms with Gasteiger partial charge in [0.15, 0.2) is 0 Å². The van der Waals surface area contributed by atoms with Gasteiger partial charge in [-0.3, -0.25) is 14.5 Å². The number of likely N-dealkylation sites (tertiary alicyclic amines) is 1. The number of nitrogens with zero attached hydrogens (tertiary/aromatic N) is 2. The minimum absolute atomic E-state index is 0.137. The average molecular weight is 300 g/mol. The molecule has 0 saturated carbocycles. The molecule has 22 heavy (non-hydrogen) atoms. The summed E-state index contributed by atoms with van der Waals surface area (Å²) in [7, 11) is 0. The molecule has 0 unspecified atom stereocenters. The minimum atomic E-state index is -0.137. The van der Waals surface area contributed by atoms with Gasteiger partial charge >= 0.3 is 0 Å². The van der Waals surface area contributed by atoms with E-state index < -0.39 is 0 Å². The Morgan fingerprint density at radius 2 is 1.73 bits per heavy atom. The van der Waals surface area contributed by atoms with Crippen molar-refractivity contribution in [2.24, 2.45) is 5.92 Å². The SMILES string of the molecule is CC(C)[C@@H]1CCCN1CCCN1C(=O)c2ccccc2C1=O. The highest BCUT2D eigenvalue weighted by molar-refractivity contribution is 6.21. The first-order valence-electron chi connectivity index (χ1n) is 8.29. The molecule has 0 bridgehead atoms. The first-order valence-corrected chi connectivity index (χ1v) is 8.29. The molecule has 0 radical (unpaired) electrons. The van der Waals surface area contributed by atoms with Gasteiger partial charge in [0.25, 0.3) is 11.8 Å². The van der Waals surface area contributed by atoms with E-state index in [0.29, 0.717) is 29.6 Å². The van der Waals surface area contributed by atoms with Crippen molar-refractivity contribution in [3.8, 4) is 0 Å². The Hall–Kier alpha value is -1.68. The minimum Gasteiger partial charge on any atom is -0.300 e. The number of imide groups is 1. The quantitative estimate of drug-likeness (QED) is 0.785. The summed E-state index contributed by atoms with van der Waals surface area (Å²) in [6.45, 7) is 7.18. The van der Waals surface area contributed by atoms with Gasteiger partial charge in [-0.25, -0.2) is 0 Å².